The summed E-state index contributed by atoms with van der Waals surface area (Å²) in [7, 11) is 0. The quantitative estimate of drug-likeness (QED) is 0.419. The van der Waals surface area contributed by atoms with Crippen LogP contribution in [0, 0.1) is 5.82 Å². The molecule has 0 spiro atoms. The summed E-state index contributed by atoms with van der Waals surface area (Å²) >= 11 is 0. The maximum atomic E-state index is 15.0. The van der Waals surface area contributed by atoms with E-state index in [4.69, 9.17) is 10.5 Å². The number of fused-ring (bicyclic) bond motifs is 6. The highest BCUT2D eigenvalue weighted by Gasteiger charge is 2.46. The van der Waals surface area contributed by atoms with Crippen molar-refractivity contribution in [3.05, 3.63) is 59.6 Å². The van der Waals surface area contributed by atoms with Gasteiger partial charge in [0.15, 0.2) is 11.6 Å². The van der Waals surface area contributed by atoms with Gasteiger partial charge >= 0.3 is 6.36 Å². The first-order valence-corrected chi connectivity index (χ1v) is 11.0. The van der Waals surface area contributed by atoms with E-state index in [-0.39, 0.29) is 36.1 Å². The van der Waals surface area contributed by atoms with Crippen LogP contribution in [-0.2, 0) is 11.2 Å². The molecule has 1 aromatic carbocycles. The van der Waals surface area contributed by atoms with Crippen LogP contribution in [0.5, 0.6) is 5.75 Å². The smallest absolute Gasteiger partial charge is 0.403 e. The average Bonchev–Trinajstić information content (AvgIpc) is 3.45. The van der Waals surface area contributed by atoms with Gasteiger partial charge in [0.25, 0.3) is 5.91 Å². The molecule has 186 valence electrons. The van der Waals surface area contributed by atoms with Gasteiger partial charge in [0.05, 0.1) is 42.5 Å². The number of hydrogen-bond donors (Lipinski definition) is 1. The molecule has 2 N–H and O–H groups in total. The number of alkyl halides is 3. The van der Waals surface area contributed by atoms with E-state index >= 15 is 0 Å². The van der Waals surface area contributed by atoms with Crippen molar-refractivity contribution in [2.75, 3.05) is 12.3 Å². The van der Waals surface area contributed by atoms with Crippen molar-refractivity contribution >= 4 is 28.3 Å². The Labute approximate surface area is 200 Å². The lowest BCUT2D eigenvalue weighted by Crippen LogP contribution is -2.50. The van der Waals surface area contributed by atoms with E-state index in [1.165, 1.54) is 17.2 Å². The fraction of sp³-hybridized carbons (Fsp3) is 0.304. The fourth-order valence-electron chi connectivity index (χ4n) is 5.09. The Hall–Kier alpha value is -4.00. The normalized spacial score (nSPS) is 21.6. The van der Waals surface area contributed by atoms with E-state index in [0.29, 0.717) is 22.1 Å². The summed E-state index contributed by atoms with van der Waals surface area (Å²) in [5.74, 6) is -2.20. The van der Waals surface area contributed by atoms with Crippen LogP contribution < -0.4 is 10.5 Å². The summed E-state index contributed by atoms with van der Waals surface area (Å²) in [6.07, 6.45) is -1.52. The lowest BCUT2D eigenvalue weighted by molar-refractivity contribution is -0.275. The third kappa shape index (κ3) is 3.49. The Morgan fingerprint density at radius 3 is 2.83 bits per heavy atom. The molecule has 0 saturated carbocycles. The molecule has 3 aromatic heterocycles. The molecule has 2 aliphatic rings. The zero-order chi connectivity index (χ0) is 25.4. The average molecular weight is 502 g/mol. The van der Waals surface area contributed by atoms with Gasteiger partial charge in [0, 0.05) is 13.0 Å². The molecule has 0 radical (unpaired) electrons. The zero-order valence-corrected chi connectivity index (χ0v) is 18.7. The third-order valence-corrected chi connectivity index (χ3v) is 6.49. The number of imidazole rings is 1. The molecular weight excluding hydrogens is 484 g/mol. The molecule has 1 fully saturated rings. The fourth-order valence-corrected chi connectivity index (χ4v) is 5.09. The molecule has 1 aliphatic carbocycles. The highest BCUT2D eigenvalue weighted by molar-refractivity contribution is 5.96. The molecule has 3 atom stereocenters. The summed E-state index contributed by atoms with van der Waals surface area (Å²) in [4.78, 5) is 27.9. The SMILES string of the molecule is C[C@@H]1CN(C(=O)c2cc3c(cn2)nc(N)c2cncn23)[C@H]2c3ccc(OC(F)(F)F)c(F)c3C[C@H]2O1. The van der Waals surface area contributed by atoms with Crippen LogP contribution in [-0.4, -0.2) is 55.3 Å². The number of carbonyl (C=O) groups excluding carboxylic acids is 1. The Bertz CT molecular complexity index is 1540. The highest BCUT2D eigenvalue weighted by atomic mass is 19.4. The van der Waals surface area contributed by atoms with E-state index in [0.717, 1.165) is 6.07 Å². The summed E-state index contributed by atoms with van der Waals surface area (Å²) in [6, 6.07) is 3.14. The van der Waals surface area contributed by atoms with E-state index in [1.807, 2.05) is 0 Å². The first-order valence-electron chi connectivity index (χ1n) is 11.0. The maximum Gasteiger partial charge on any atom is 0.573 e. The Kier molecular flexibility index (Phi) is 4.84. The summed E-state index contributed by atoms with van der Waals surface area (Å²) in [5, 5.41) is 0. The molecule has 6 rings (SSSR count). The Balaban J connectivity index is 1.40. The topological polar surface area (TPSA) is 108 Å². The van der Waals surface area contributed by atoms with E-state index < -0.39 is 36.0 Å². The van der Waals surface area contributed by atoms with Gasteiger partial charge in [-0.25, -0.2) is 19.3 Å². The van der Waals surface area contributed by atoms with Gasteiger partial charge in [-0.05, 0) is 30.2 Å². The molecular formula is C23H18F4N6O3. The highest BCUT2D eigenvalue weighted by Crippen LogP contribution is 2.45. The molecule has 36 heavy (non-hydrogen) atoms. The number of nitrogen functional groups attached to an aromatic ring is 1. The second-order valence-electron chi connectivity index (χ2n) is 8.79. The Morgan fingerprint density at radius 2 is 2.06 bits per heavy atom. The van der Waals surface area contributed by atoms with Gasteiger partial charge in [-0.15, -0.1) is 13.2 Å². The van der Waals surface area contributed by atoms with Crippen LogP contribution in [0.15, 0.2) is 36.9 Å². The minimum Gasteiger partial charge on any atom is -0.403 e. The maximum absolute atomic E-state index is 15.0. The number of halogens is 4. The number of ether oxygens (including phenoxy) is 2. The van der Waals surface area contributed by atoms with E-state index in [1.54, 1.807) is 29.9 Å². The summed E-state index contributed by atoms with van der Waals surface area (Å²) in [6.45, 7) is 1.95. The van der Waals surface area contributed by atoms with Crippen LogP contribution in [0.2, 0.25) is 0 Å². The first-order chi connectivity index (χ1) is 17.1. The van der Waals surface area contributed by atoms with Crippen LogP contribution in [0.3, 0.4) is 0 Å². The van der Waals surface area contributed by atoms with Gasteiger partial charge in [0.1, 0.15) is 22.5 Å². The predicted molar refractivity (Wildman–Crippen MR) is 118 cm³/mol. The van der Waals surface area contributed by atoms with Crippen molar-refractivity contribution in [3.63, 3.8) is 0 Å². The Morgan fingerprint density at radius 1 is 1.25 bits per heavy atom. The number of anilines is 1. The summed E-state index contributed by atoms with van der Waals surface area (Å²) < 4.78 is 64.6. The van der Waals surface area contributed by atoms with Crippen molar-refractivity contribution in [2.24, 2.45) is 0 Å². The molecule has 1 amide bonds. The van der Waals surface area contributed by atoms with Crippen molar-refractivity contribution in [1.82, 2.24) is 24.3 Å². The van der Waals surface area contributed by atoms with Gasteiger partial charge in [-0.1, -0.05) is 6.07 Å². The van der Waals surface area contributed by atoms with Crippen LogP contribution >= 0.6 is 0 Å². The minimum atomic E-state index is -5.03. The second kappa shape index (κ2) is 7.75. The molecule has 4 heterocycles. The van der Waals surface area contributed by atoms with E-state index in [9.17, 15) is 22.4 Å². The second-order valence-corrected chi connectivity index (χ2v) is 8.79. The van der Waals surface area contributed by atoms with Crippen LogP contribution in [0.1, 0.15) is 34.6 Å². The molecule has 1 aliphatic heterocycles. The third-order valence-electron chi connectivity index (χ3n) is 6.49. The van der Waals surface area contributed by atoms with Crippen molar-refractivity contribution in [2.45, 2.75) is 38.0 Å². The minimum absolute atomic E-state index is 0.000977. The van der Waals surface area contributed by atoms with Gasteiger partial charge in [0.2, 0.25) is 0 Å². The largest absolute Gasteiger partial charge is 0.573 e. The number of amides is 1. The van der Waals surface area contributed by atoms with Crippen molar-refractivity contribution < 1.29 is 31.8 Å². The number of pyridine rings is 1. The molecule has 0 unspecified atom stereocenters. The van der Waals surface area contributed by atoms with Gasteiger partial charge in [-0.2, -0.15) is 0 Å². The first kappa shape index (κ1) is 22.5. The summed E-state index contributed by atoms with van der Waals surface area (Å²) in [5.41, 5.74) is 8.10. The van der Waals surface area contributed by atoms with Crippen molar-refractivity contribution in [1.29, 1.82) is 0 Å². The standard InChI is InChI=1S/C23H18F4N6O3/c1-10-8-32(20-11-2-3-17(36-23(25,26)27)19(24)12(11)4-18(20)35-10)22(34)13-5-15-14(6-30-13)31-21(28)16-7-29-9-33(15)16/h2-3,5-7,9-10,18,20H,4,8H2,1H3,(H2,28,31)/t10-,18-,20+/m1/s1. The van der Waals surface area contributed by atoms with Crippen molar-refractivity contribution in [3.8, 4) is 5.75 Å². The number of hydrogen-bond acceptors (Lipinski definition) is 7. The number of aromatic nitrogens is 4. The molecule has 9 nitrogen and oxygen atoms in total. The lowest BCUT2D eigenvalue weighted by Gasteiger charge is -2.41. The predicted octanol–water partition coefficient (Wildman–Crippen LogP) is 3.42. The van der Waals surface area contributed by atoms with Crippen LogP contribution in [0.25, 0.3) is 16.6 Å². The molecule has 1 saturated heterocycles. The number of nitrogens with two attached hydrogens (primary N) is 1. The number of morpholine rings is 1. The lowest BCUT2D eigenvalue weighted by atomic mass is 10.0. The monoisotopic (exact) mass is 502 g/mol. The molecule has 13 heteroatoms. The number of nitrogens with zero attached hydrogens (tertiary/aromatic N) is 5. The van der Waals surface area contributed by atoms with E-state index in [2.05, 4.69) is 19.7 Å². The number of carbonyl (C=O) groups is 1. The zero-order valence-electron chi connectivity index (χ0n) is 18.7. The van der Waals surface area contributed by atoms with Gasteiger partial charge < -0.3 is 20.1 Å². The molecule has 4 aromatic rings. The number of benzene rings is 1. The van der Waals surface area contributed by atoms with Gasteiger partial charge in [-0.3, -0.25) is 9.20 Å². The van der Waals surface area contributed by atoms with Crippen LogP contribution in [0.4, 0.5) is 23.4 Å². The number of rotatable bonds is 2. The molecule has 0 bridgehead atoms.